The van der Waals surface area contributed by atoms with E-state index in [9.17, 15) is 9.50 Å². The van der Waals surface area contributed by atoms with E-state index in [2.05, 4.69) is 4.98 Å². The molecule has 0 bridgehead atoms. The van der Waals surface area contributed by atoms with Crippen molar-refractivity contribution in [3.8, 4) is 16.9 Å². The Morgan fingerprint density at radius 2 is 2.00 bits per heavy atom. The topological polar surface area (TPSA) is 33.1 Å². The van der Waals surface area contributed by atoms with E-state index < -0.39 is 0 Å². The van der Waals surface area contributed by atoms with Crippen LogP contribution in [0.5, 0.6) is 5.75 Å². The fourth-order valence-corrected chi connectivity index (χ4v) is 1.54. The number of phenolic OH excluding ortho intramolecular Hbond substituents is 1. The molecule has 0 saturated heterocycles. The van der Waals surface area contributed by atoms with Gasteiger partial charge in [-0.15, -0.1) is 0 Å². The molecule has 3 heteroatoms. The van der Waals surface area contributed by atoms with Gasteiger partial charge in [0.1, 0.15) is 11.6 Å². The zero-order valence-electron chi connectivity index (χ0n) is 8.24. The first kappa shape index (κ1) is 9.65. The highest BCUT2D eigenvalue weighted by Crippen LogP contribution is 2.27. The van der Waals surface area contributed by atoms with E-state index >= 15 is 0 Å². The Morgan fingerprint density at radius 1 is 1.20 bits per heavy atom. The van der Waals surface area contributed by atoms with Gasteiger partial charge in [-0.25, -0.2) is 4.39 Å². The molecule has 2 aromatic rings. The lowest BCUT2D eigenvalue weighted by atomic mass is 10.0. The Balaban J connectivity index is 2.60. The van der Waals surface area contributed by atoms with E-state index in [-0.39, 0.29) is 11.6 Å². The fraction of sp³-hybridized carbons (Fsp3) is 0.0833. The van der Waals surface area contributed by atoms with Crippen molar-refractivity contribution in [1.82, 2.24) is 4.98 Å². The van der Waals surface area contributed by atoms with Crippen molar-refractivity contribution in [3.05, 3.63) is 48.0 Å². The first-order valence-corrected chi connectivity index (χ1v) is 4.58. The first-order valence-electron chi connectivity index (χ1n) is 4.58. The number of aromatic hydroxyl groups is 1. The van der Waals surface area contributed by atoms with Crippen molar-refractivity contribution in [2.24, 2.45) is 0 Å². The smallest absolute Gasteiger partial charge is 0.149 e. The monoisotopic (exact) mass is 203 g/mol. The van der Waals surface area contributed by atoms with Gasteiger partial charge in [-0.1, -0.05) is 6.07 Å². The molecule has 0 radical (unpaired) electrons. The normalized spacial score (nSPS) is 10.3. The molecule has 0 amide bonds. The van der Waals surface area contributed by atoms with Crippen LogP contribution in [-0.4, -0.2) is 10.1 Å². The van der Waals surface area contributed by atoms with E-state index in [1.807, 2.05) is 6.92 Å². The Morgan fingerprint density at radius 3 is 2.67 bits per heavy atom. The summed E-state index contributed by atoms with van der Waals surface area (Å²) in [5.41, 5.74) is 2.11. The zero-order chi connectivity index (χ0) is 10.8. The highest BCUT2D eigenvalue weighted by atomic mass is 19.1. The molecule has 0 aliphatic carbocycles. The number of aryl methyl sites for hydroxylation is 1. The molecule has 0 spiro atoms. The maximum Gasteiger partial charge on any atom is 0.149 e. The number of benzene rings is 1. The van der Waals surface area contributed by atoms with Crippen LogP contribution in [0.25, 0.3) is 11.1 Å². The van der Waals surface area contributed by atoms with Gasteiger partial charge in [0.05, 0.1) is 6.20 Å². The van der Waals surface area contributed by atoms with Crippen LogP contribution in [0.3, 0.4) is 0 Å². The summed E-state index contributed by atoms with van der Waals surface area (Å²) in [6.45, 7) is 1.83. The number of phenols is 1. The van der Waals surface area contributed by atoms with Crippen LogP contribution in [0.2, 0.25) is 0 Å². The summed E-state index contributed by atoms with van der Waals surface area (Å²) in [6, 6.07) is 6.47. The summed E-state index contributed by atoms with van der Waals surface area (Å²) in [5, 5.41) is 9.25. The number of aromatic nitrogens is 1. The summed E-state index contributed by atoms with van der Waals surface area (Å²) >= 11 is 0. The molecule has 15 heavy (non-hydrogen) atoms. The number of halogens is 1. The molecule has 1 aromatic heterocycles. The molecule has 1 N–H and O–H groups in total. The zero-order valence-corrected chi connectivity index (χ0v) is 8.24. The van der Waals surface area contributed by atoms with Crippen molar-refractivity contribution in [2.75, 3.05) is 0 Å². The van der Waals surface area contributed by atoms with Gasteiger partial charge in [0.2, 0.25) is 0 Å². The lowest BCUT2D eigenvalue weighted by Crippen LogP contribution is -1.88. The van der Waals surface area contributed by atoms with Gasteiger partial charge in [0, 0.05) is 11.8 Å². The molecule has 76 valence electrons. The van der Waals surface area contributed by atoms with Gasteiger partial charge >= 0.3 is 0 Å². The Labute approximate surface area is 87.0 Å². The maximum atomic E-state index is 13.4. The highest BCUT2D eigenvalue weighted by Gasteiger charge is 2.07. The van der Waals surface area contributed by atoms with E-state index in [4.69, 9.17) is 0 Å². The Hall–Kier alpha value is -1.90. The molecule has 0 aliphatic rings. The Bertz CT molecular complexity index is 497. The molecular formula is C12H10FNO. The Kier molecular flexibility index (Phi) is 2.37. The summed E-state index contributed by atoms with van der Waals surface area (Å²) in [7, 11) is 0. The van der Waals surface area contributed by atoms with Crippen LogP contribution in [0, 0.1) is 12.7 Å². The van der Waals surface area contributed by atoms with Crippen LogP contribution in [-0.2, 0) is 0 Å². The third-order valence-electron chi connectivity index (χ3n) is 2.27. The van der Waals surface area contributed by atoms with E-state index in [1.165, 1.54) is 6.20 Å². The maximum absolute atomic E-state index is 13.4. The van der Waals surface area contributed by atoms with Gasteiger partial charge in [-0.2, -0.15) is 0 Å². The van der Waals surface area contributed by atoms with Crippen molar-refractivity contribution < 1.29 is 9.50 Å². The van der Waals surface area contributed by atoms with Crippen molar-refractivity contribution >= 4 is 0 Å². The molecule has 0 atom stereocenters. The van der Waals surface area contributed by atoms with Crippen molar-refractivity contribution in [1.29, 1.82) is 0 Å². The molecule has 1 aromatic carbocycles. The summed E-state index contributed by atoms with van der Waals surface area (Å²) < 4.78 is 13.4. The van der Waals surface area contributed by atoms with Crippen LogP contribution in [0.4, 0.5) is 4.39 Å². The van der Waals surface area contributed by atoms with E-state index in [1.54, 1.807) is 30.5 Å². The first-order chi connectivity index (χ1) is 7.18. The SMILES string of the molecule is Cc1cc(O)ccc1-c1ccncc1F. The molecule has 0 saturated carbocycles. The van der Waals surface area contributed by atoms with Crippen molar-refractivity contribution in [2.45, 2.75) is 6.92 Å². The van der Waals surface area contributed by atoms with Gasteiger partial charge in [0.25, 0.3) is 0 Å². The molecule has 0 unspecified atom stereocenters. The number of nitrogens with zero attached hydrogens (tertiary/aromatic N) is 1. The summed E-state index contributed by atoms with van der Waals surface area (Å²) in [5.74, 6) is -0.169. The largest absolute Gasteiger partial charge is 0.508 e. The number of hydrogen-bond acceptors (Lipinski definition) is 2. The van der Waals surface area contributed by atoms with Gasteiger partial charge in [-0.05, 0) is 36.2 Å². The van der Waals surface area contributed by atoms with Gasteiger partial charge in [0.15, 0.2) is 0 Å². The predicted molar refractivity (Wildman–Crippen MR) is 56.0 cm³/mol. The quantitative estimate of drug-likeness (QED) is 0.773. The summed E-state index contributed by atoms with van der Waals surface area (Å²) in [4.78, 5) is 3.69. The number of pyridine rings is 1. The second-order valence-electron chi connectivity index (χ2n) is 3.35. The van der Waals surface area contributed by atoms with Gasteiger partial charge in [-0.3, -0.25) is 4.98 Å². The van der Waals surface area contributed by atoms with Crippen LogP contribution in [0.15, 0.2) is 36.7 Å². The van der Waals surface area contributed by atoms with E-state index in [0.717, 1.165) is 11.1 Å². The lowest BCUT2D eigenvalue weighted by Gasteiger charge is -2.06. The number of rotatable bonds is 1. The standard InChI is InChI=1S/C12H10FNO/c1-8-6-9(15)2-3-10(8)11-4-5-14-7-12(11)13/h2-7,15H,1H3. The predicted octanol–water partition coefficient (Wildman–Crippen LogP) is 2.90. The summed E-state index contributed by atoms with van der Waals surface area (Å²) in [6.07, 6.45) is 2.73. The van der Waals surface area contributed by atoms with E-state index in [0.29, 0.717) is 5.56 Å². The molecule has 2 nitrogen and oxygen atoms in total. The second-order valence-corrected chi connectivity index (χ2v) is 3.35. The highest BCUT2D eigenvalue weighted by molar-refractivity contribution is 5.68. The molecular weight excluding hydrogens is 193 g/mol. The lowest BCUT2D eigenvalue weighted by molar-refractivity contribution is 0.475. The average molecular weight is 203 g/mol. The third-order valence-corrected chi connectivity index (χ3v) is 2.27. The minimum Gasteiger partial charge on any atom is -0.508 e. The molecule has 1 heterocycles. The second kappa shape index (κ2) is 3.69. The van der Waals surface area contributed by atoms with Crippen LogP contribution >= 0.6 is 0 Å². The molecule has 0 aliphatic heterocycles. The van der Waals surface area contributed by atoms with Crippen LogP contribution in [0.1, 0.15) is 5.56 Å². The molecule has 0 fully saturated rings. The minimum atomic E-state index is -0.355. The minimum absolute atomic E-state index is 0.186. The molecule has 2 rings (SSSR count). The average Bonchev–Trinajstić information content (AvgIpc) is 2.20. The van der Waals surface area contributed by atoms with Crippen LogP contribution < -0.4 is 0 Å². The van der Waals surface area contributed by atoms with Crippen molar-refractivity contribution in [3.63, 3.8) is 0 Å². The third kappa shape index (κ3) is 1.81. The fourth-order valence-electron chi connectivity index (χ4n) is 1.54. The van der Waals surface area contributed by atoms with Gasteiger partial charge < -0.3 is 5.11 Å². The number of hydrogen-bond donors (Lipinski definition) is 1.